The number of aromatic nitrogens is 3. The van der Waals surface area contributed by atoms with E-state index in [1.807, 2.05) is 104 Å². The highest BCUT2D eigenvalue weighted by molar-refractivity contribution is 5.83. The van der Waals surface area contributed by atoms with Gasteiger partial charge < -0.3 is 0 Å². The van der Waals surface area contributed by atoms with Crippen molar-refractivity contribution in [2.45, 2.75) is 6.92 Å². The van der Waals surface area contributed by atoms with Gasteiger partial charge in [0.05, 0.1) is 22.6 Å². The van der Waals surface area contributed by atoms with Gasteiger partial charge in [-0.1, -0.05) is 84.9 Å². The van der Waals surface area contributed by atoms with Gasteiger partial charge in [-0.15, -0.1) is 0 Å². The largest absolute Gasteiger partial charge is 0.285 e. The van der Waals surface area contributed by atoms with Crippen LogP contribution in [0.5, 0.6) is 0 Å². The van der Waals surface area contributed by atoms with Crippen LogP contribution in [0.2, 0.25) is 0 Å². The molecule has 156 valence electrons. The monoisotopic (exact) mass is 417 g/mol. The third kappa shape index (κ3) is 3.36. The number of hydrogen-bond donors (Lipinski definition) is 0. The van der Waals surface area contributed by atoms with Gasteiger partial charge in [-0.2, -0.15) is 0 Å². The van der Waals surface area contributed by atoms with Crippen LogP contribution in [-0.2, 0) is 7.05 Å². The van der Waals surface area contributed by atoms with Crippen molar-refractivity contribution in [3.8, 4) is 39.3 Å². The van der Waals surface area contributed by atoms with Gasteiger partial charge >= 0.3 is 0 Å². The van der Waals surface area contributed by atoms with Crippen molar-refractivity contribution in [2.24, 2.45) is 7.05 Å². The van der Waals surface area contributed by atoms with Crippen LogP contribution in [0.3, 0.4) is 0 Å². The minimum absolute atomic E-state index is 0.0777. The molecule has 4 heteroatoms. The Morgan fingerprint density at radius 2 is 1.25 bits per heavy atom. The van der Waals surface area contributed by atoms with E-state index in [0.717, 1.165) is 33.8 Å². The Morgan fingerprint density at radius 1 is 0.688 bits per heavy atom. The van der Waals surface area contributed by atoms with Gasteiger partial charge in [-0.3, -0.25) is 9.48 Å². The molecule has 0 aliphatic rings. The van der Waals surface area contributed by atoms with Gasteiger partial charge in [0.15, 0.2) is 0 Å². The Bertz CT molecular complexity index is 1430. The van der Waals surface area contributed by atoms with E-state index in [0.29, 0.717) is 11.3 Å². The second-order valence-corrected chi connectivity index (χ2v) is 7.76. The molecule has 0 saturated heterocycles. The third-order valence-corrected chi connectivity index (χ3v) is 5.84. The van der Waals surface area contributed by atoms with E-state index in [1.165, 1.54) is 0 Å². The maximum atomic E-state index is 13.7. The fourth-order valence-electron chi connectivity index (χ4n) is 4.11. The normalized spacial score (nSPS) is 10.9. The van der Waals surface area contributed by atoms with E-state index in [1.54, 1.807) is 4.68 Å². The number of benzene rings is 3. The summed E-state index contributed by atoms with van der Waals surface area (Å²) in [6, 6.07) is 34.0. The molecule has 0 unspecified atom stereocenters. The van der Waals surface area contributed by atoms with Gasteiger partial charge in [0.2, 0.25) is 0 Å². The number of para-hydroxylation sites is 1. The molecule has 0 bridgehead atoms. The average molecular weight is 418 g/mol. The summed E-state index contributed by atoms with van der Waals surface area (Å²) in [5, 5.41) is 0. The fourth-order valence-corrected chi connectivity index (χ4v) is 4.11. The van der Waals surface area contributed by atoms with Gasteiger partial charge in [0.1, 0.15) is 0 Å². The van der Waals surface area contributed by atoms with Gasteiger partial charge in [-0.25, -0.2) is 9.67 Å². The molecule has 5 rings (SSSR count). The predicted octanol–water partition coefficient (Wildman–Crippen LogP) is 5.88. The SMILES string of the molecule is Cc1c(-c2nc(-c3ccccc3)ccc2-c2ccccc2)c(=O)n(-c2ccccc2)n1C. The Balaban J connectivity index is 1.80. The van der Waals surface area contributed by atoms with E-state index in [2.05, 4.69) is 18.2 Å². The number of rotatable bonds is 4. The second kappa shape index (κ2) is 8.16. The van der Waals surface area contributed by atoms with Crippen molar-refractivity contribution in [1.29, 1.82) is 0 Å². The van der Waals surface area contributed by atoms with Crippen LogP contribution >= 0.6 is 0 Å². The summed E-state index contributed by atoms with van der Waals surface area (Å²) >= 11 is 0. The lowest BCUT2D eigenvalue weighted by atomic mass is 9.98. The molecule has 0 fully saturated rings. The molecule has 4 nitrogen and oxygen atoms in total. The molecule has 0 amide bonds. The quantitative estimate of drug-likeness (QED) is 0.366. The number of hydrogen-bond acceptors (Lipinski definition) is 2. The summed E-state index contributed by atoms with van der Waals surface area (Å²) in [6.07, 6.45) is 0. The second-order valence-electron chi connectivity index (χ2n) is 7.76. The summed E-state index contributed by atoms with van der Waals surface area (Å²) in [5.74, 6) is 0. The molecule has 32 heavy (non-hydrogen) atoms. The molecule has 0 radical (unpaired) electrons. The van der Waals surface area contributed by atoms with Crippen molar-refractivity contribution in [2.75, 3.05) is 0 Å². The Morgan fingerprint density at radius 3 is 1.88 bits per heavy atom. The van der Waals surface area contributed by atoms with Crippen LogP contribution in [-0.4, -0.2) is 14.3 Å². The minimum atomic E-state index is -0.0777. The molecular weight excluding hydrogens is 394 g/mol. The standard InChI is InChI=1S/C28H23N3O/c1-20-26(28(32)31(30(20)2)23-16-10-5-11-17-23)27-24(21-12-6-3-7-13-21)18-19-25(29-27)22-14-8-4-9-15-22/h3-19H,1-2H3. The summed E-state index contributed by atoms with van der Waals surface area (Å²) < 4.78 is 3.61. The third-order valence-electron chi connectivity index (χ3n) is 5.84. The molecule has 2 aromatic heterocycles. The zero-order valence-electron chi connectivity index (χ0n) is 18.1. The van der Waals surface area contributed by atoms with Crippen molar-refractivity contribution in [3.63, 3.8) is 0 Å². The number of pyridine rings is 1. The van der Waals surface area contributed by atoms with Crippen LogP contribution in [0.15, 0.2) is 108 Å². The van der Waals surface area contributed by atoms with Crippen molar-refractivity contribution >= 4 is 0 Å². The van der Waals surface area contributed by atoms with Crippen molar-refractivity contribution in [3.05, 3.63) is 119 Å². The summed E-state index contributed by atoms with van der Waals surface area (Å²) in [4.78, 5) is 18.8. The van der Waals surface area contributed by atoms with Crippen LogP contribution in [0.25, 0.3) is 39.3 Å². The van der Waals surface area contributed by atoms with Crippen LogP contribution < -0.4 is 5.56 Å². The van der Waals surface area contributed by atoms with Crippen LogP contribution in [0, 0.1) is 6.92 Å². The lowest BCUT2D eigenvalue weighted by Crippen LogP contribution is -2.20. The highest BCUT2D eigenvalue weighted by Gasteiger charge is 2.22. The Hall–Kier alpha value is -4.18. The molecule has 3 aromatic carbocycles. The highest BCUT2D eigenvalue weighted by atomic mass is 16.1. The lowest BCUT2D eigenvalue weighted by Gasteiger charge is -2.11. The van der Waals surface area contributed by atoms with E-state index >= 15 is 0 Å². The van der Waals surface area contributed by atoms with E-state index < -0.39 is 0 Å². The van der Waals surface area contributed by atoms with Crippen LogP contribution in [0.4, 0.5) is 0 Å². The van der Waals surface area contributed by atoms with Gasteiger partial charge in [0.25, 0.3) is 5.56 Å². The molecular formula is C28H23N3O. The Kier molecular flexibility index (Phi) is 5.04. The highest BCUT2D eigenvalue weighted by Crippen LogP contribution is 2.33. The minimum Gasteiger partial charge on any atom is -0.285 e. The lowest BCUT2D eigenvalue weighted by molar-refractivity contribution is 0.630. The molecule has 0 N–H and O–H groups in total. The first kappa shape index (κ1) is 19.8. The molecule has 0 aliphatic heterocycles. The first-order valence-electron chi connectivity index (χ1n) is 10.6. The van der Waals surface area contributed by atoms with E-state index in [9.17, 15) is 4.79 Å². The zero-order chi connectivity index (χ0) is 22.1. The molecule has 5 aromatic rings. The summed E-state index contributed by atoms with van der Waals surface area (Å²) in [5.41, 5.74) is 6.77. The summed E-state index contributed by atoms with van der Waals surface area (Å²) in [7, 11) is 1.91. The maximum Gasteiger partial charge on any atom is 0.281 e. The topological polar surface area (TPSA) is 39.8 Å². The molecule has 0 spiro atoms. The Labute approximate surface area is 187 Å². The first-order valence-corrected chi connectivity index (χ1v) is 10.6. The van der Waals surface area contributed by atoms with Gasteiger partial charge in [-0.05, 0) is 30.7 Å². The smallest absolute Gasteiger partial charge is 0.281 e. The molecule has 2 heterocycles. The fraction of sp³-hybridized carbons (Fsp3) is 0.0714. The molecule has 0 aliphatic carbocycles. The molecule has 0 saturated carbocycles. The summed E-state index contributed by atoms with van der Waals surface area (Å²) in [6.45, 7) is 1.97. The van der Waals surface area contributed by atoms with E-state index in [-0.39, 0.29) is 5.56 Å². The zero-order valence-corrected chi connectivity index (χ0v) is 18.1. The average Bonchev–Trinajstić information content (AvgIpc) is 3.08. The van der Waals surface area contributed by atoms with Crippen molar-refractivity contribution < 1.29 is 0 Å². The van der Waals surface area contributed by atoms with E-state index in [4.69, 9.17) is 4.98 Å². The predicted molar refractivity (Wildman–Crippen MR) is 130 cm³/mol. The first-order chi connectivity index (χ1) is 15.6. The molecule has 0 atom stereocenters. The van der Waals surface area contributed by atoms with Crippen molar-refractivity contribution in [1.82, 2.24) is 14.3 Å². The number of nitrogens with zero attached hydrogens (tertiary/aromatic N) is 3. The maximum absolute atomic E-state index is 13.7. The van der Waals surface area contributed by atoms with Crippen LogP contribution in [0.1, 0.15) is 5.69 Å². The van der Waals surface area contributed by atoms with Gasteiger partial charge in [0, 0.05) is 23.9 Å².